The van der Waals surface area contributed by atoms with E-state index in [1.165, 1.54) is 24.2 Å². The highest BCUT2D eigenvalue weighted by atomic mass is 32.2. The Morgan fingerprint density at radius 1 is 1.44 bits per heavy atom. The van der Waals surface area contributed by atoms with E-state index in [9.17, 15) is 4.79 Å². The van der Waals surface area contributed by atoms with Crippen LogP contribution in [0.25, 0.3) is 0 Å². The molecule has 0 spiro atoms. The molecule has 7 nitrogen and oxygen atoms in total. The highest BCUT2D eigenvalue weighted by Gasteiger charge is 2.07. The summed E-state index contributed by atoms with van der Waals surface area (Å²) in [6, 6.07) is 0. The monoisotopic (exact) mass is 237 g/mol. The van der Waals surface area contributed by atoms with E-state index in [4.69, 9.17) is 5.11 Å². The Bertz CT molecular complexity index is 509. The molecule has 0 atom stereocenters. The number of hydrogen-bond acceptors (Lipinski definition) is 6. The van der Waals surface area contributed by atoms with Crippen molar-refractivity contribution in [2.75, 3.05) is 0 Å². The van der Waals surface area contributed by atoms with Crippen LogP contribution >= 0.6 is 11.8 Å². The number of carbonyl (C=O) groups is 1. The molecular weight excluding hydrogens is 230 g/mol. The molecule has 0 fully saturated rings. The van der Waals surface area contributed by atoms with E-state index in [1.807, 2.05) is 0 Å². The maximum Gasteiger partial charge on any atom is 0.356 e. The SMILES string of the molecule is Cc1nc(Sc2cnc(C(=O)O)cn2)n[nH]1. The summed E-state index contributed by atoms with van der Waals surface area (Å²) in [5, 5.41) is 16.3. The molecule has 2 aromatic rings. The van der Waals surface area contributed by atoms with Crippen molar-refractivity contribution in [3.63, 3.8) is 0 Å². The van der Waals surface area contributed by atoms with Crippen LogP contribution in [0.15, 0.2) is 22.6 Å². The second-order valence-corrected chi connectivity index (χ2v) is 3.84. The number of nitrogens with zero attached hydrogens (tertiary/aromatic N) is 4. The van der Waals surface area contributed by atoms with Crippen molar-refractivity contribution in [2.24, 2.45) is 0 Å². The van der Waals surface area contributed by atoms with Crippen LogP contribution < -0.4 is 0 Å². The van der Waals surface area contributed by atoms with Crippen molar-refractivity contribution in [1.29, 1.82) is 0 Å². The van der Waals surface area contributed by atoms with E-state index in [0.717, 1.165) is 0 Å². The zero-order valence-electron chi connectivity index (χ0n) is 8.21. The van der Waals surface area contributed by atoms with Crippen LogP contribution in [-0.2, 0) is 0 Å². The Balaban J connectivity index is 2.14. The lowest BCUT2D eigenvalue weighted by atomic mass is 10.5. The standard InChI is InChI=1S/C8H7N5O2S/c1-4-11-8(13-12-4)16-6-3-9-5(2-10-6)7(14)15/h2-3H,1H3,(H,14,15)(H,11,12,13). The first-order valence-electron chi connectivity index (χ1n) is 4.27. The fraction of sp³-hybridized carbons (Fsp3) is 0.125. The van der Waals surface area contributed by atoms with E-state index in [0.29, 0.717) is 16.0 Å². The molecule has 0 aliphatic heterocycles. The van der Waals surface area contributed by atoms with Gasteiger partial charge in [0.15, 0.2) is 5.69 Å². The fourth-order valence-corrected chi connectivity index (χ4v) is 1.61. The van der Waals surface area contributed by atoms with Crippen molar-refractivity contribution in [2.45, 2.75) is 17.1 Å². The van der Waals surface area contributed by atoms with Gasteiger partial charge in [0.25, 0.3) is 0 Å². The maximum atomic E-state index is 10.5. The molecule has 0 saturated heterocycles. The molecule has 8 heteroatoms. The van der Waals surface area contributed by atoms with E-state index in [1.54, 1.807) is 6.92 Å². The van der Waals surface area contributed by atoms with Gasteiger partial charge in [-0.25, -0.2) is 19.7 Å². The van der Waals surface area contributed by atoms with Gasteiger partial charge in [-0.15, -0.1) is 5.10 Å². The van der Waals surface area contributed by atoms with Gasteiger partial charge in [-0.1, -0.05) is 0 Å². The van der Waals surface area contributed by atoms with Crippen molar-refractivity contribution in [3.8, 4) is 0 Å². The fourth-order valence-electron chi connectivity index (χ4n) is 0.941. The predicted octanol–water partition coefficient (Wildman–Crippen LogP) is 0.753. The van der Waals surface area contributed by atoms with Crippen LogP contribution in [0.2, 0.25) is 0 Å². The van der Waals surface area contributed by atoms with Gasteiger partial charge in [-0.2, -0.15) is 0 Å². The van der Waals surface area contributed by atoms with Crippen LogP contribution in [0, 0.1) is 6.92 Å². The average Bonchev–Trinajstić information content (AvgIpc) is 2.65. The van der Waals surface area contributed by atoms with Crippen LogP contribution in [0.1, 0.15) is 16.3 Å². The summed E-state index contributed by atoms with van der Waals surface area (Å²) in [6.07, 6.45) is 2.57. The summed E-state index contributed by atoms with van der Waals surface area (Å²) in [7, 11) is 0. The van der Waals surface area contributed by atoms with Gasteiger partial charge in [-0.05, 0) is 18.7 Å². The Hall–Kier alpha value is -1.96. The molecule has 82 valence electrons. The molecule has 0 bridgehead atoms. The second kappa shape index (κ2) is 4.27. The summed E-state index contributed by atoms with van der Waals surface area (Å²) < 4.78 is 0. The van der Waals surface area contributed by atoms with E-state index in [2.05, 4.69) is 25.1 Å². The van der Waals surface area contributed by atoms with E-state index >= 15 is 0 Å². The molecule has 0 aliphatic carbocycles. The summed E-state index contributed by atoms with van der Waals surface area (Å²) in [5.74, 6) is -0.393. The number of carboxylic acid groups (broad SMARTS) is 1. The number of aromatic nitrogens is 5. The number of hydrogen-bond donors (Lipinski definition) is 2. The summed E-state index contributed by atoms with van der Waals surface area (Å²) in [4.78, 5) is 22.3. The van der Waals surface area contributed by atoms with Crippen LogP contribution in [0.4, 0.5) is 0 Å². The molecule has 0 radical (unpaired) electrons. The third-order valence-corrected chi connectivity index (χ3v) is 2.40. The minimum Gasteiger partial charge on any atom is -0.476 e. The van der Waals surface area contributed by atoms with Crippen molar-refractivity contribution in [1.82, 2.24) is 25.1 Å². The Kier molecular flexibility index (Phi) is 2.82. The molecule has 0 unspecified atom stereocenters. The van der Waals surface area contributed by atoms with Gasteiger partial charge in [0.05, 0.1) is 12.4 Å². The highest BCUT2D eigenvalue weighted by Crippen LogP contribution is 2.20. The van der Waals surface area contributed by atoms with Crippen LogP contribution in [0.5, 0.6) is 0 Å². The number of carboxylic acids is 1. The van der Waals surface area contributed by atoms with Crippen molar-refractivity contribution >= 4 is 17.7 Å². The lowest BCUT2D eigenvalue weighted by Gasteiger charge is -1.95. The smallest absolute Gasteiger partial charge is 0.356 e. The Labute approximate surface area is 94.4 Å². The third-order valence-electron chi connectivity index (χ3n) is 1.62. The first kappa shape index (κ1) is 10.6. The summed E-state index contributed by atoms with van der Waals surface area (Å²) >= 11 is 1.21. The third kappa shape index (κ3) is 2.34. The minimum absolute atomic E-state index is 0.0875. The molecule has 2 rings (SSSR count). The molecular formula is C8H7N5O2S. The molecule has 2 heterocycles. The zero-order valence-corrected chi connectivity index (χ0v) is 9.02. The van der Waals surface area contributed by atoms with E-state index in [-0.39, 0.29) is 5.69 Å². The van der Waals surface area contributed by atoms with Crippen LogP contribution in [-0.4, -0.2) is 36.2 Å². The van der Waals surface area contributed by atoms with Gasteiger partial charge in [0, 0.05) is 0 Å². The van der Waals surface area contributed by atoms with Gasteiger partial charge >= 0.3 is 5.97 Å². The molecule has 0 saturated carbocycles. The van der Waals surface area contributed by atoms with Crippen LogP contribution in [0.3, 0.4) is 0 Å². The topological polar surface area (TPSA) is 105 Å². The largest absolute Gasteiger partial charge is 0.476 e. The first-order valence-corrected chi connectivity index (χ1v) is 5.09. The van der Waals surface area contributed by atoms with Gasteiger partial charge in [0.1, 0.15) is 10.9 Å². The molecule has 2 N–H and O–H groups in total. The first-order chi connectivity index (χ1) is 7.65. The highest BCUT2D eigenvalue weighted by molar-refractivity contribution is 7.99. The van der Waals surface area contributed by atoms with Crippen molar-refractivity contribution < 1.29 is 9.90 Å². The lowest BCUT2D eigenvalue weighted by molar-refractivity contribution is 0.0689. The number of rotatable bonds is 3. The van der Waals surface area contributed by atoms with Crippen molar-refractivity contribution in [3.05, 3.63) is 23.9 Å². The van der Waals surface area contributed by atoms with Gasteiger partial charge < -0.3 is 5.11 Å². The molecule has 16 heavy (non-hydrogen) atoms. The molecule has 0 aromatic carbocycles. The number of aromatic amines is 1. The van der Waals surface area contributed by atoms with E-state index < -0.39 is 5.97 Å². The number of H-pyrrole nitrogens is 1. The maximum absolute atomic E-state index is 10.5. The number of nitrogens with one attached hydrogen (secondary N) is 1. The molecule has 0 aliphatic rings. The average molecular weight is 237 g/mol. The Morgan fingerprint density at radius 3 is 2.75 bits per heavy atom. The van der Waals surface area contributed by atoms with Gasteiger partial charge in [0.2, 0.25) is 5.16 Å². The lowest BCUT2D eigenvalue weighted by Crippen LogP contribution is -2.00. The van der Waals surface area contributed by atoms with Gasteiger partial charge in [-0.3, -0.25) is 5.10 Å². The quantitative estimate of drug-likeness (QED) is 0.811. The zero-order chi connectivity index (χ0) is 11.5. The minimum atomic E-state index is -1.10. The normalized spacial score (nSPS) is 10.3. The summed E-state index contributed by atoms with van der Waals surface area (Å²) in [5.41, 5.74) is -0.0875. The Morgan fingerprint density at radius 2 is 2.25 bits per heavy atom. The molecule has 2 aromatic heterocycles. The second-order valence-electron chi connectivity index (χ2n) is 2.85. The molecule has 0 amide bonds. The summed E-state index contributed by atoms with van der Waals surface area (Å²) in [6.45, 7) is 1.79. The predicted molar refractivity (Wildman–Crippen MR) is 54.2 cm³/mol. The number of aryl methyl sites for hydroxylation is 1. The number of aromatic carboxylic acids is 1.